The third-order valence-corrected chi connectivity index (χ3v) is 6.70. The average Bonchev–Trinajstić information content (AvgIpc) is 2.79. The van der Waals surface area contributed by atoms with E-state index in [0.29, 0.717) is 33.3 Å². The number of alkyl halides is 3. The maximum absolute atomic E-state index is 13.6. The highest BCUT2D eigenvalue weighted by molar-refractivity contribution is 6.36. The molecule has 1 saturated heterocycles. The molecular formula is C26H24Cl2F3NO. The molecule has 0 unspecified atom stereocenters. The topological polar surface area (TPSA) is 21.3 Å². The van der Waals surface area contributed by atoms with Crippen LogP contribution in [0.3, 0.4) is 0 Å². The molecule has 7 heteroatoms. The van der Waals surface area contributed by atoms with E-state index in [1.54, 1.807) is 18.2 Å². The summed E-state index contributed by atoms with van der Waals surface area (Å²) in [6.45, 7) is 2.26. The molecule has 1 N–H and O–H groups in total. The van der Waals surface area contributed by atoms with Gasteiger partial charge in [0, 0.05) is 21.0 Å². The van der Waals surface area contributed by atoms with Gasteiger partial charge in [-0.05, 0) is 73.0 Å². The average molecular weight is 494 g/mol. The monoisotopic (exact) mass is 493 g/mol. The van der Waals surface area contributed by atoms with Gasteiger partial charge in [0.25, 0.3) is 0 Å². The van der Waals surface area contributed by atoms with Gasteiger partial charge in [0.15, 0.2) is 0 Å². The number of nitrogens with one attached hydrogen (secondary N) is 1. The van der Waals surface area contributed by atoms with Gasteiger partial charge in [-0.25, -0.2) is 0 Å². The first-order valence-electron chi connectivity index (χ1n) is 10.8. The number of ether oxygens (including phenoxy) is 1. The van der Waals surface area contributed by atoms with Gasteiger partial charge in [0.1, 0.15) is 0 Å². The highest BCUT2D eigenvalue weighted by atomic mass is 35.5. The number of hydrogen-bond acceptors (Lipinski definition) is 2. The molecule has 1 aliphatic rings. The quantitative estimate of drug-likeness (QED) is 0.383. The minimum Gasteiger partial charge on any atom is -0.376 e. The molecule has 4 rings (SSSR count). The van der Waals surface area contributed by atoms with Gasteiger partial charge in [-0.15, -0.1) is 0 Å². The highest BCUT2D eigenvalue weighted by Gasteiger charge is 2.34. The van der Waals surface area contributed by atoms with Crippen LogP contribution in [0.15, 0.2) is 66.7 Å². The van der Waals surface area contributed by atoms with Gasteiger partial charge < -0.3 is 10.1 Å². The number of benzene rings is 3. The van der Waals surface area contributed by atoms with Gasteiger partial charge in [-0.3, -0.25) is 0 Å². The molecule has 174 valence electrons. The zero-order valence-corrected chi connectivity index (χ0v) is 19.4. The normalized spacial score (nSPS) is 16.0. The van der Waals surface area contributed by atoms with Crippen LogP contribution >= 0.6 is 23.2 Å². The van der Waals surface area contributed by atoms with Crippen molar-refractivity contribution in [2.45, 2.75) is 31.0 Å². The lowest BCUT2D eigenvalue weighted by atomic mass is 9.74. The van der Waals surface area contributed by atoms with Crippen molar-refractivity contribution in [1.29, 1.82) is 0 Å². The Hall–Kier alpha value is -2.05. The fraction of sp³-hybridized carbons (Fsp3) is 0.308. The minimum atomic E-state index is -4.48. The van der Waals surface area contributed by atoms with Crippen LogP contribution in [0.25, 0.3) is 11.1 Å². The van der Waals surface area contributed by atoms with E-state index in [-0.39, 0.29) is 12.0 Å². The molecule has 0 radical (unpaired) electrons. The Morgan fingerprint density at radius 1 is 0.909 bits per heavy atom. The summed E-state index contributed by atoms with van der Waals surface area (Å²) in [5, 5.41) is 4.10. The molecule has 1 heterocycles. The summed E-state index contributed by atoms with van der Waals surface area (Å²) >= 11 is 12.2. The summed E-state index contributed by atoms with van der Waals surface area (Å²) in [5.74, 6) is 0. The summed E-state index contributed by atoms with van der Waals surface area (Å²) in [7, 11) is 0. The Balaban J connectivity index is 1.59. The number of halogens is 5. The molecule has 0 atom stereocenters. The Labute approximate surface area is 201 Å². The number of piperidine rings is 1. The lowest BCUT2D eigenvalue weighted by molar-refractivity contribution is -0.137. The Kier molecular flexibility index (Phi) is 7.34. The van der Waals surface area contributed by atoms with Crippen molar-refractivity contribution in [1.82, 2.24) is 5.32 Å². The first kappa shape index (κ1) is 24.1. The van der Waals surface area contributed by atoms with Gasteiger partial charge in [-0.2, -0.15) is 13.2 Å². The first-order chi connectivity index (χ1) is 15.8. The molecular weight excluding hydrogens is 470 g/mol. The van der Waals surface area contributed by atoms with Crippen LogP contribution < -0.4 is 5.32 Å². The van der Waals surface area contributed by atoms with Gasteiger partial charge in [0.05, 0.1) is 18.8 Å². The zero-order valence-electron chi connectivity index (χ0n) is 17.9. The molecule has 3 aromatic rings. The molecule has 1 aliphatic heterocycles. The van der Waals surface area contributed by atoms with Crippen molar-refractivity contribution in [2.75, 3.05) is 19.7 Å². The van der Waals surface area contributed by atoms with E-state index in [1.807, 2.05) is 18.2 Å². The van der Waals surface area contributed by atoms with Crippen molar-refractivity contribution in [2.24, 2.45) is 0 Å². The molecule has 3 aromatic carbocycles. The van der Waals surface area contributed by atoms with Crippen LogP contribution in [-0.2, 0) is 22.9 Å². The zero-order chi connectivity index (χ0) is 23.5. The van der Waals surface area contributed by atoms with Gasteiger partial charge in [-0.1, -0.05) is 59.6 Å². The van der Waals surface area contributed by atoms with E-state index in [4.69, 9.17) is 27.9 Å². The lowest BCUT2D eigenvalue weighted by Crippen LogP contribution is -2.43. The van der Waals surface area contributed by atoms with Crippen LogP contribution in [0.1, 0.15) is 29.5 Å². The van der Waals surface area contributed by atoms with E-state index in [1.165, 1.54) is 11.6 Å². The maximum Gasteiger partial charge on any atom is 0.416 e. The van der Waals surface area contributed by atoms with E-state index >= 15 is 0 Å². The van der Waals surface area contributed by atoms with Gasteiger partial charge in [0.2, 0.25) is 0 Å². The second-order valence-electron chi connectivity index (χ2n) is 8.43. The lowest BCUT2D eigenvalue weighted by Gasteiger charge is -2.38. The summed E-state index contributed by atoms with van der Waals surface area (Å²) in [5.41, 5.74) is 1.63. The van der Waals surface area contributed by atoms with Crippen LogP contribution in [0.5, 0.6) is 0 Å². The van der Waals surface area contributed by atoms with Crippen molar-refractivity contribution in [3.8, 4) is 11.1 Å². The maximum atomic E-state index is 13.6. The van der Waals surface area contributed by atoms with E-state index < -0.39 is 11.7 Å². The van der Waals surface area contributed by atoms with Crippen molar-refractivity contribution in [3.63, 3.8) is 0 Å². The standard InChI is InChI=1S/C26H24Cl2F3NO/c27-22-6-7-23(24(28)15-22)19-12-18(13-21(14-19)26(29,30)31)16-33-17-25(8-10-32-11-9-25)20-4-2-1-3-5-20/h1-7,12-15,32H,8-11,16-17H2. The smallest absolute Gasteiger partial charge is 0.376 e. The predicted octanol–water partition coefficient (Wildman–Crippen LogP) is 7.52. The second-order valence-corrected chi connectivity index (χ2v) is 9.27. The Morgan fingerprint density at radius 2 is 1.64 bits per heavy atom. The van der Waals surface area contributed by atoms with Crippen molar-refractivity contribution >= 4 is 23.2 Å². The Morgan fingerprint density at radius 3 is 2.30 bits per heavy atom. The largest absolute Gasteiger partial charge is 0.416 e. The molecule has 0 bridgehead atoms. The summed E-state index contributed by atoms with van der Waals surface area (Å²) in [4.78, 5) is 0. The SMILES string of the molecule is FC(F)(F)c1cc(COCC2(c3ccccc3)CCNCC2)cc(-c2ccc(Cl)cc2Cl)c1. The van der Waals surface area contributed by atoms with Crippen LogP contribution in [-0.4, -0.2) is 19.7 Å². The molecule has 0 saturated carbocycles. The number of hydrogen-bond donors (Lipinski definition) is 1. The molecule has 0 aliphatic carbocycles. The molecule has 33 heavy (non-hydrogen) atoms. The third kappa shape index (κ3) is 5.72. The molecule has 0 aromatic heterocycles. The van der Waals surface area contributed by atoms with Gasteiger partial charge >= 0.3 is 6.18 Å². The fourth-order valence-corrected chi connectivity index (χ4v) is 4.91. The van der Waals surface area contributed by atoms with Crippen molar-refractivity contribution < 1.29 is 17.9 Å². The van der Waals surface area contributed by atoms with Crippen LogP contribution in [0.4, 0.5) is 13.2 Å². The number of rotatable bonds is 6. The van der Waals surface area contributed by atoms with E-state index in [2.05, 4.69) is 17.4 Å². The Bertz CT molecular complexity index is 1100. The highest BCUT2D eigenvalue weighted by Crippen LogP contribution is 2.37. The second kappa shape index (κ2) is 10.1. The molecule has 0 spiro atoms. The molecule has 1 fully saturated rings. The van der Waals surface area contributed by atoms with Crippen LogP contribution in [0.2, 0.25) is 10.0 Å². The van der Waals surface area contributed by atoms with E-state index in [0.717, 1.165) is 38.1 Å². The summed E-state index contributed by atoms with van der Waals surface area (Å²) in [6.07, 6.45) is -2.67. The van der Waals surface area contributed by atoms with E-state index in [9.17, 15) is 13.2 Å². The first-order valence-corrected chi connectivity index (χ1v) is 11.5. The molecule has 0 amide bonds. The third-order valence-electron chi connectivity index (χ3n) is 6.16. The molecule has 2 nitrogen and oxygen atoms in total. The summed E-state index contributed by atoms with van der Waals surface area (Å²) < 4.78 is 46.9. The fourth-order valence-electron chi connectivity index (χ4n) is 4.40. The van der Waals surface area contributed by atoms with Crippen molar-refractivity contribution in [3.05, 3.63) is 93.5 Å². The summed E-state index contributed by atoms with van der Waals surface area (Å²) in [6, 6.07) is 18.9. The minimum absolute atomic E-state index is 0.0736. The predicted molar refractivity (Wildman–Crippen MR) is 127 cm³/mol. The van der Waals surface area contributed by atoms with Crippen LogP contribution in [0, 0.1) is 0 Å².